The molecule has 0 bridgehead atoms. The number of nitrogens with zero attached hydrogens (tertiary/aromatic N) is 1. The molecule has 0 saturated heterocycles. The van der Waals surface area contributed by atoms with E-state index < -0.39 is 0 Å². The molecule has 0 saturated carbocycles. The Morgan fingerprint density at radius 3 is 1.50 bits per heavy atom. The van der Waals surface area contributed by atoms with Crippen molar-refractivity contribution in [2.45, 2.75) is 91.9 Å². The van der Waals surface area contributed by atoms with Gasteiger partial charge in [0, 0.05) is 13.1 Å². The fourth-order valence-corrected chi connectivity index (χ4v) is 2.20. The first-order chi connectivity index (χ1) is 8.31. The van der Waals surface area contributed by atoms with Crippen LogP contribution < -0.4 is 5.84 Å². The normalized spacial score (nSPS) is 10.7. The predicted molar refractivity (Wildman–Crippen MR) is 84.6 cm³/mol. The summed E-state index contributed by atoms with van der Waals surface area (Å²) in [5, 5.41) is 1.96. The van der Waals surface area contributed by atoms with E-state index >= 15 is 0 Å². The van der Waals surface area contributed by atoms with E-state index in [1.807, 2.05) is 5.01 Å². The van der Waals surface area contributed by atoms with Gasteiger partial charge < -0.3 is 0 Å². The molecule has 0 aromatic rings. The number of hydrogen-bond donors (Lipinski definition) is 1. The lowest BCUT2D eigenvalue weighted by Gasteiger charge is -2.14. The summed E-state index contributed by atoms with van der Waals surface area (Å²) in [6.45, 7) is 6.57. The maximum atomic E-state index is 5.83. The standard InChI is InChI=1S/C15H34N2.CH4/c1-3-5-6-7-8-9-10-11-12-13-15-17(16)14-4-2;/h3-16H2,1-2H3;1H4. The lowest BCUT2D eigenvalue weighted by molar-refractivity contribution is 0.276. The van der Waals surface area contributed by atoms with Gasteiger partial charge in [0.2, 0.25) is 0 Å². The molecule has 0 fully saturated rings. The van der Waals surface area contributed by atoms with Crippen LogP contribution in [0.15, 0.2) is 0 Å². The summed E-state index contributed by atoms with van der Waals surface area (Å²) >= 11 is 0. The Hall–Kier alpha value is -0.0800. The largest absolute Gasteiger partial charge is 0.269 e. The number of hydrogen-bond acceptors (Lipinski definition) is 2. The number of rotatable bonds is 13. The maximum absolute atomic E-state index is 5.83. The topological polar surface area (TPSA) is 29.3 Å². The zero-order valence-electron chi connectivity index (χ0n) is 12.2. The Kier molecular flexibility index (Phi) is 19.0. The molecular formula is C16H38N2. The van der Waals surface area contributed by atoms with Gasteiger partial charge in [0.25, 0.3) is 0 Å². The van der Waals surface area contributed by atoms with Gasteiger partial charge in [-0.1, -0.05) is 79.1 Å². The molecule has 0 aliphatic rings. The molecule has 0 spiro atoms. The second-order valence-corrected chi connectivity index (χ2v) is 5.22. The van der Waals surface area contributed by atoms with Gasteiger partial charge >= 0.3 is 0 Å². The summed E-state index contributed by atoms with van der Waals surface area (Å²) < 4.78 is 0. The van der Waals surface area contributed by atoms with Crippen LogP contribution in [0, 0.1) is 0 Å². The number of hydrazine groups is 1. The lowest BCUT2D eigenvalue weighted by atomic mass is 10.1. The second kappa shape index (κ2) is 16.9. The van der Waals surface area contributed by atoms with Crippen LogP contribution in [0.2, 0.25) is 0 Å². The van der Waals surface area contributed by atoms with Crippen LogP contribution in [0.1, 0.15) is 91.9 Å². The third-order valence-electron chi connectivity index (χ3n) is 3.31. The Bertz CT molecular complexity index is 137. The van der Waals surface area contributed by atoms with Crippen molar-refractivity contribution in [2.24, 2.45) is 5.84 Å². The first-order valence-electron chi connectivity index (χ1n) is 7.80. The fourth-order valence-electron chi connectivity index (χ4n) is 2.20. The van der Waals surface area contributed by atoms with Crippen molar-refractivity contribution in [3.05, 3.63) is 0 Å². The van der Waals surface area contributed by atoms with Gasteiger partial charge in [0.15, 0.2) is 0 Å². The maximum Gasteiger partial charge on any atom is 0.0128 e. The van der Waals surface area contributed by atoms with Crippen LogP contribution in [0.4, 0.5) is 0 Å². The van der Waals surface area contributed by atoms with E-state index in [4.69, 9.17) is 5.84 Å². The van der Waals surface area contributed by atoms with Gasteiger partial charge in [0.1, 0.15) is 0 Å². The van der Waals surface area contributed by atoms with Crippen LogP contribution in [0.3, 0.4) is 0 Å². The van der Waals surface area contributed by atoms with Crippen LogP contribution in [0.25, 0.3) is 0 Å². The van der Waals surface area contributed by atoms with Crippen LogP contribution in [-0.4, -0.2) is 18.1 Å². The molecule has 2 N–H and O–H groups in total. The summed E-state index contributed by atoms with van der Waals surface area (Å²) in [7, 11) is 0. The molecule has 0 aliphatic carbocycles. The summed E-state index contributed by atoms with van der Waals surface area (Å²) in [6.07, 6.45) is 15.1. The number of unbranched alkanes of at least 4 members (excludes halogenated alkanes) is 9. The Morgan fingerprint density at radius 1 is 0.611 bits per heavy atom. The predicted octanol–water partition coefficient (Wildman–Crippen LogP) is 5.13. The highest BCUT2D eigenvalue weighted by Gasteiger charge is 1.96. The van der Waals surface area contributed by atoms with E-state index in [0.29, 0.717) is 0 Å². The molecule has 2 nitrogen and oxygen atoms in total. The second-order valence-electron chi connectivity index (χ2n) is 5.22. The Morgan fingerprint density at radius 2 is 1.06 bits per heavy atom. The molecule has 0 atom stereocenters. The Balaban J connectivity index is 0. The number of nitrogens with two attached hydrogens (primary N) is 1. The minimum Gasteiger partial charge on any atom is -0.269 e. The van der Waals surface area contributed by atoms with Gasteiger partial charge in [-0.2, -0.15) is 0 Å². The van der Waals surface area contributed by atoms with Crippen molar-refractivity contribution in [3.63, 3.8) is 0 Å². The monoisotopic (exact) mass is 258 g/mol. The van der Waals surface area contributed by atoms with E-state index in [1.165, 1.54) is 64.2 Å². The van der Waals surface area contributed by atoms with Crippen molar-refractivity contribution in [1.29, 1.82) is 0 Å². The SMILES string of the molecule is C.CCCCCCCCCCCCN(N)CCC. The van der Waals surface area contributed by atoms with Crippen LogP contribution in [-0.2, 0) is 0 Å². The zero-order chi connectivity index (χ0) is 12.8. The summed E-state index contributed by atoms with van der Waals surface area (Å²) in [5.74, 6) is 5.83. The van der Waals surface area contributed by atoms with E-state index in [-0.39, 0.29) is 7.43 Å². The van der Waals surface area contributed by atoms with Crippen LogP contribution >= 0.6 is 0 Å². The summed E-state index contributed by atoms with van der Waals surface area (Å²) in [6, 6.07) is 0. The first kappa shape index (κ1) is 20.2. The smallest absolute Gasteiger partial charge is 0.0128 e. The van der Waals surface area contributed by atoms with Gasteiger partial charge in [-0.25, -0.2) is 5.01 Å². The average molecular weight is 258 g/mol. The van der Waals surface area contributed by atoms with Gasteiger partial charge in [-0.3, -0.25) is 5.84 Å². The van der Waals surface area contributed by atoms with E-state index in [9.17, 15) is 0 Å². The first-order valence-corrected chi connectivity index (χ1v) is 7.80. The van der Waals surface area contributed by atoms with Crippen LogP contribution in [0.5, 0.6) is 0 Å². The van der Waals surface area contributed by atoms with Crippen molar-refractivity contribution >= 4 is 0 Å². The van der Waals surface area contributed by atoms with Crippen molar-refractivity contribution in [2.75, 3.05) is 13.1 Å². The Labute approximate surface area is 116 Å². The molecule has 0 aromatic carbocycles. The van der Waals surface area contributed by atoms with Gasteiger partial charge in [-0.15, -0.1) is 0 Å². The molecule has 0 unspecified atom stereocenters. The van der Waals surface area contributed by atoms with E-state index in [1.54, 1.807) is 0 Å². The quantitative estimate of drug-likeness (QED) is 0.282. The van der Waals surface area contributed by atoms with Gasteiger partial charge in [0.05, 0.1) is 0 Å². The summed E-state index contributed by atoms with van der Waals surface area (Å²) in [4.78, 5) is 0. The van der Waals surface area contributed by atoms with Crippen molar-refractivity contribution < 1.29 is 0 Å². The third-order valence-corrected chi connectivity index (χ3v) is 3.31. The lowest BCUT2D eigenvalue weighted by Crippen LogP contribution is -2.32. The van der Waals surface area contributed by atoms with Gasteiger partial charge in [-0.05, 0) is 12.8 Å². The molecule has 0 radical (unpaired) electrons. The molecule has 0 amide bonds. The third kappa shape index (κ3) is 15.9. The summed E-state index contributed by atoms with van der Waals surface area (Å²) in [5.41, 5.74) is 0. The van der Waals surface area contributed by atoms with Crippen molar-refractivity contribution in [3.8, 4) is 0 Å². The van der Waals surface area contributed by atoms with Crippen molar-refractivity contribution in [1.82, 2.24) is 5.01 Å². The molecule has 18 heavy (non-hydrogen) atoms. The highest BCUT2D eigenvalue weighted by molar-refractivity contribution is 4.50. The molecular weight excluding hydrogens is 220 g/mol. The molecule has 112 valence electrons. The van der Waals surface area contributed by atoms with E-state index in [2.05, 4.69) is 13.8 Å². The highest BCUT2D eigenvalue weighted by Crippen LogP contribution is 2.10. The molecule has 0 aliphatic heterocycles. The molecule has 2 heteroatoms. The highest BCUT2D eigenvalue weighted by atomic mass is 15.4. The van der Waals surface area contributed by atoms with E-state index in [0.717, 1.165) is 19.5 Å². The zero-order valence-corrected chi connectivity index (χ0v) is 12.2. The minimum absolute atomic E-state index is 0. The minimum atomic E-state index is 0. The average Bonchev–Trinajstić information content (AvgIpc) is 2.32. The molecule has 0 heterocycles. The fraction of sp³-hybridized carbons (Fsp3) is 1.00. The molecule has 0 aromatic heterocycles. The molecule has 0 rings (SSSR count).